The number of carboxylic acids is 1. The highest BCUT2D eigenvalue weighted by atomic mass is 16.6. The zero-order chi connectivity index (χ0) is 48.0. The summed E-state index contributed by atoms with van der Waals surface area (Å²) in [7, 11) is 1.65. The summed E-state index contributed by atoms with van der Waals surface area (Å²) in [5.74, 6) is -0.733. The van der Waals surface area contributed by atoms with Gasteiger partial charge in [0.15, 0.2) is 5.71 Å². The molecule has 0 saturated heterocycles. The topological polar surface area (TPSA) is 117 Å². The second-order valence-corrected chi connectivity index (χ2v) is 18.1. The Balaban J connectivity index is 0.985. The molecule has 0 atom stereocenters. The molecule has 0 amide bonds. The number of fused-ring (bicyclic) bond motifs is 6. The fourth-order valence-electron chi connectivity index (χ4n) is 9.35. The number of unbranched alkanes of at least 4 members (excludes halogenated alkanes) is 2. The van der Waals surface area contributed by atoms with E-state index in [2.05, 4.69) is 140 Å². The molecular formula is C56H75N2O10+. The lowest BCUT2D eigenvalue weighted by atomic mass is 9.79. The SMILES string of the molecule is COCCOCCOCCOCCOCCOCCOCCOCCN1C(=CC=CC=CC2=[N+](CCCCCC(=O)O)c3ccc4ccccc4c3C2(C)C)C(C)(C)c2c1ccc1ccccc21. The first kappa shape index (κ1) is 52.6. The van der Waals surface area contributed by atoms with Crippen molar-refractivity contribution in [2.75, 3.05) is 124 Å². The second kappa shape index (κ2) is 27.4. The minimum atomic E-state index is -0.733. The van der Waals surface area contributed by atoms with Crippen LogP contribution in [0.2, 0.25) is 0 Å². The zero-order valence-electron chi connectivity index (χ0n) is 41.2. The van der Waals surface area contributed by atoms with Crippen molar-refractivity contribution in [1.82, 2.24) is 0 Å². The highest BCUT2D eigenvalue weighted by Crippen LogP contribution is 2.50. The molecular weight excluding hydrogens is 861 g/mol. The molecule has 0 spiro atoms. The number of hydrogen-bond donors (Lipinski definition) is 1. The molecule has 12 heteroatoms. The number of aliphatic carboxylic acids is 1. The number of nitrogens with zero attached hydrogens (tertiary/aromatic N) is 2. The van der Waals surface area contributed by atoms with Crippen LogP contribution in [-0.4, -0.2) is 141 Å². The Morgan fingerprint density at radius 2 is 1.09 bits per heavy atom. The van der Waals surface area contributed by atoms with Gasteiger partial charge in [-0.05, 0) is 72.0 Å². The number of carboxylic acid groups (broad SMARTS) is 1. The van der Waals surface area contributed by atoms with Crippen LogP contribution in [-0.2, 0) is 53.5 Å². The number of methoxy groups -OCH3 is 1. The third kappa shape index (κ3) is 14.4. The Morgan fingerprint density at radius 1 is 0.574 bits per heavy atom. The smallest absolute Gasteiger partial charge is 0.303 e. The molecule has 4 aromatic rings. The van der Waals surface area contributed by atoms with Gasteiger partial charge in [0, 0.05) is 61.0 Å². The van der Waals surface area contributed by atoms with Crippen molar-refractivity contribution >= 4 is 44.6 Å². The van der Waals surface area contributed by atoms with Crippen LogP contribution in [0.1, 0.15) is 64.5 Å². The number of hydrogen-bond acceptors (Lipinski definition) is 10. The van der Waals surface area contributed by atoms with E-state index in [9.17, 15) is 9.90 Å². The third-order valence-corrected chi connectivity index (χ3v) is 12.6. The van der Waals surface area contributed by atoms with Gasteiger partial charge in [-0.15, -0.1) is 0 Å². The summed E-state index contributed by atoms with van der Waals surface area (Å²) in [6, 6.07) is 26.2. The van der Waals surface area contributed by atoms with Crippen LogP contribution in [0.15, 0.2) is 109 Å². The normalized spacial score (nSPS) is 15.8. The first-order valence-electron chi connectivity index (χ1n) is 24.4. The molecule has 2 heterocycles. The van der Waals surface area contributed by atoms with Crippen molar-refractivity contribution in [2.24, 2.45) is 0 Å². The third-order valence-electron chi connectivity index (χ3n) is 12.6. The molecule has 1 N–H and O–H groups in total. The van der Waals surface area contributed by atoms with E-state index in [1.54, 1.807) is 7.11 Å². The quantitative estimate of drug-likeness (QED) is 0.0280. The number of allylic oxidation sites excluding steroid dienone is 6. The van der Waals surface area contributed by atoms with Gasteiger partial charge in [-0.2, -0.15) is 4.58 Å². The van der Waals surface area contributed by atoms with Crippen LogP contribution in [0.3, 0.4) is 0 Å². The van der Waals surface area contributed by atoms with Gasteiger partial charge in [0.1, 0.15) is 6.54 Å². The van der Waals surface area contributed by atoms with Crippen LogP contribution in [0.4, 0.5) is 11.4 Å². The fourth-order valence-corrected chi connectivity index (χ4v) is 9.35. The van der Waals surface area contributed by atoms with Gasteiger partial charge in [0.05, 0.1) is 105 Å². The fraction of sp³-hybridized carbons (Fsp3) is 0.500. The zero-order valence-corrected chi connectivity index (χ0v) is 41.2. The Hall–Kier alpha value is -4.76. The van der Waals surface area contributed by atoms with Gasteiger partial charge < -0.3 is 47.9 Å². The van der Waals surface area contributed by atoms with E-state index in [1.165, 1.54) is 55.5 Å². The first-order valence-corrected chi connectivity index (χ1v) is 24.4. The minimum Gasteiger partial charge on any atom is -0.481 e. The van der Waals surface area contributed by atoms with Gasteiger partial charge >= 0.3 is 5.97 Å². The van der Waals surface area contributed by atoms with Crippen LogP contribution < -0.4 is 4.90 Å². The molecule has 368 valence electrons. The summed E-state index contributed by atoms with van der Waals surface area (Å²) in [5.41, 5.74) is 7.11. The van der Waals surface area contributed by atoms with E-state index in [0.717, 1.165) is 19.4 Å². The predicted octanol–water partition coefficient (Wildman–Crippen LogP) is 9.57. The van der Waals surface area contributed by atoms with Crippen molar-refractivity contribution in [2.45, 2.75) is 64.2 Å². The van der Waals surface area contributed by atoms with Crippen molar-refractivity contribution < 1.29 is 52.4 Å². The van der Waals surface area contributed by atoms with E-state index < -0.39 is 5.97 Å². The second-order valence-electron chi connectivity index (χ2n) is 18.1. The molecule has 12 nitrogen and oxygen atoms in total. The van der Waals surface area contributed by atoms with Gasteiger partial charge in [0.2, 0.25) is 5.69 Å². The van der Waals surface area contributed by atoms with Crippen molar-refractivity contribution in [3.8, 4) is 0 Å². The molecule has 0 aliphatic carbocycles. The Morgan fingerprint density at radius 3 is 1.65 bits per heavy atom. The Kier molecular flexibility index (Phi) is 21.2. The molecule has 0 aromatic heterocycles. The maximum absolute atomic E-state index is 11.2. The lowest BCUT2D eigenvalue weighted by Gasteiger charge is -2.27. The maximum atomic E-state index is 11.2. The number of anilines is 1. The summed E-state index contributed by atoms with van der Waals surface area (Å²) < 4.78 is 46.9. The molecule has 4 aromatic carbocycles. The lowest BCUT2D eigenvalue weighted by Crippen LogP contribution is -2.29. The monoisotopic (exact) mass is 936 g/mol. The molecule has 2 aliphatic rings. The maximum Gasteiger partial charge on any atom is 0.303 e. The van der Waals surface area contributed by atoms with E-state index in [-0.39, 0.29) is 17.3 Å². The summed E-state index contributed by atoms with van der Waals surface area (Å²) in [6.45, 7) is 18.7. The van der Waals surface area contributed by atoms with E-state index in [1.807, 2.05) is 0 Å². The molecule has 6 rings (SSSR count). The van der Waals surface area contributed by atoms with Gasteiger partial charge in [0.25, 0.3) is 0 Å². The number of carbonyl (C=O) groups is 1. The summed E-state index contributed by atoms with van der Waals surface area (Å²) in [5, 5.41) is 14.2. The van der Waals surface area contributed by atoms with Crippen molar-refractivity contribution in [1.29, 1.82) is 0 Å². The predicted molar refractivity (Wildman–Crippen MR) is 271 cm³/mol. The summed E-state index contributed by atoms with van der Waals surface area (Å²) in [6.07, 6.45) is 13.7. The molecule has 0 saturated carbocycles. The van der Waals surface area contributed by atoms with Crippen LogP contribution >= 0.6 is 0 Å². The molecule has 0 unspecified atom stereocenters. The Labute approximate surface area is 404 Å². The largest absolute Gasteiger partial charge is 0.481 e. The van der Waals surface area contributed by atoms with Crippen LogP contribution in [0, 0.1) is 0 Å². The molecule has 0 bridgehead atoms. The highest BCUT2D eigenvalue weighted by molar-refractivity contribution is 6.07. The Bertz CT molecular complexity index is 2330. The number of benzene rings is 4. The van der Waals surface area contributed by atoms with Gasteiger partial charge in [-0.1, -0.05) is 86.7 Å². The van der Waals surface area contributed by atoms with E-state index in [0.29, 0.717) is 112 Å². The lowest BCUT2D eigenvalue weighted by molar-refractivity contribution is -0.438. The van der Waals surface area contributed by atoms with Crippen LogP contribution in [0.25, 0.3) is 21.5 Å². The highest BCUT2D eigenvalue weighted by Gasteiger charge is 2.45. The van der Waals surface area contributed by atoms with Crippen molar-refractivity contribution in [3.63, 3.8) is 0 Å². The van der Waals surface area contributed by atoms with E-state index in [4.69, 9.17) is 37.9 Å². The summed E-state index contributed by atoms with van der Waals surface area (Å²) in [4.78, 5) is 13.6. The number of ether oxygens (including phenoxy) is 8. The minimum absolute atomic E-state index is 0.209. The average molecular weight is 936 g/mol. The molecule has 2 aliphatic heterocycles. The molecule has 0 radical (unpaired) electrons. The number of rotatable bonds is 33. The average Bonchev–Trinajstić information content (AvgIpc) is 3.69. The molecule has 68 heavy (non-hydrogen) atoms. The first-order chi connectivity index (χ1) is 33.2. The van der Waals surface area contributed by atoms with E-state index >= 15 is 0 Å². The standard InChI is InChI=1S/C56H74N2O10/c1-55(2)50(57(27-15-7-10-22-52(59)60)48-25-23-44-16-11-13-18-46(44)53(48)55)20-8-6-9-21-51-56(3,4)54-47-19-14-12-17-45(47)24-26-49(54)58(51)28-29-62-32-33-64-36-37-66-40-41-68-43-42-67-39-38-65-35-34-63-31-30-61-5/h6,8-9,11-14,16-21,23-26H,7,10,15,22,27-43H2,1-5H3/p+1. The molecule has 0 fully saturated rings. The van der Waals surface area contributed by atoms with Crippen LogP contribution in [0.5, 0.6) is 0 Å². The van der Waals surface area contributed by atoms with Crippen molar-refractivity contribution in [3.05, 3.63) is 120 Å². The summed E-state index contributed by atoms with van der Waals surface area (Å²) >= 11 is 0. The van der Waals surface area contributed by atoms with Gasteiger partial charge in [-0.3, -0.25) is 4.79 Å². The van der Waals surface area contributed by atoms with Gasteiger partial charge in [-0.25, -0.2) is 0 Å².